The number of amides is 1. The smallest absolute Gasteiger partial charge is 0.306 e. The van der Waals surface area contributed by atoms with Crippen LogP contribution in [0.1, 0.15) is 32.3 Å². The van der Waals surface area contributed by atoms with Crippen molar-refractivity contribution in [3.63, 3.8) is 0 Å². The molecule has 0 saturated heterocycles. The van der Waals surface area contributed by atoms with Crippen LogP contribution in [0.25, 0.3) is 0 Å². The van der Waals surface area contributed by atoms with Crippen LogP contribution in [0.2, 0.25) is 0 Å². The van der Waals surface area contributed by atoms with Gasteiger partial charge in [-0.25, -0.2) is 0 Å². The van der Waals surface area contributed by atoms with Crippen LogP contribution < -0.4 is 0 Å². The number of hydrogen-bond donors (Lipinski definition) is 0. The molecule has 0 saturated carbocycles. The van der Waals surface area contributed by atoms with Crippen molar-refractivity contribution in [3.8, 4) is 0 Å². The van der Waals surface area contributed by atoms with Gasteiger partial charge in [0.25, 0.3) is 5.91 Å². The maximum absolute atomic E-state index is 11.7. The topological polar surface area (TPSA) is 72.9 Å². The van der Waals surface area contributed by atoms with E-state index in [0.717, 1.165) is 5.56 Å². The van der Waals surface area contributed by atoms with Gasteiger partial charge in [0.1, 0.15) is 6.61 Å². The minimum absolute atomic E-state index is 0.0644. The number of benzene rings is 1. The lowest BCUT2D eigenvalue weighted by Crippen LogP contribution is -2.34. The first-order valence-electron chi connectivity index (χ1n) is 7.69. The Morgan fingerprint density at radius 3 is 2.04 bits per heavy atom. The zero-order valence-electron chi connectivity index (χ0n) is 13.6. The van der Waals surface area contributed by atoms with Gasteiger partial charge in [-0.15, -0.1) is 0 Å². The largest absolute Gasteiger partial charge is 0.461 e. The van der Waals surface area contributed by atoms with Crippen molar-refractivity contribution >= 4 is 17.8 Å². The van der Waals surface area contributed by atoms with Gasteiger partial charge in [0, 0.05) is 13.1 Å². The second-order valence-electron chi connectivity index (χ2n) is 4.87. The zero-order valence-corrected chi connectivity index (χ0v) is 13.6. The van der Waals surface area contributed by atoms with Crippen LogP contribution in [-0.4, -0.2) is 42.4 Å². The number of esters is 2. The molecule has 0 radical (unpaired) electrons. The van der Waals surface area contributed by atoms with E-state index >= 15 is 0 Å². The standard InChI is InChI=1S/C17H23NO5/c1-3-18(4-2)15(19)13-23-17(21)11-10-16(20)22-12-14-8-6-5-7-9-14/h5-9H,3-4,10-13H2,1-2H3. The summed E-state index contributed by atoms with van der Waals surface area (Å²) in [5.41, 5.74) is 0.883. The molecule has 0 bridgehead atoms. The first-order chi connectivity index (χ1) is 11.1. The van der Waals surface area contributed by atoms with Gasteiger partial charge in [0.15, 0.2) is 6.61 Å². The molecule has 1 rings (SSSR count). The molecule has 1 amide bonds. The van der Waals surface area contributed by atoms with E-state index in [1.165, 1.54) is 0 Å². The van der Waals surface area contributed by atoms with Gasteiger partial charge in [0.2, 0.25) is 0 Å². The number of likely N-dealkylation sites (N-methyl/N-ethyl adjacent to an activating group) is 1. The predicted octanol–water partition coefficient (Wildman–Crippen LogP) is 1.92. The van der Waals surface area contributed by atoms with Crippen LogP contribution in [-0.2, 0) is 30.5 Å². The Kier molecular flexibility index (Phi) is 8.42. The Morgan fingerprint density at radius 2 is 1.48 bits per heavy atom. The van der Waals surface area contributed by atoms with Crippen molar-refractivity contribution in [3.05, 3.63) is 35.9 Å². The summed E-state index contributed by atoms with van der Waals surface area (Å²) >= 11 is 0. The highest BCUT2D eigenvalue weighted by Crippen LogP contribution is 2.03. The Morgan fingerprint density at radius 1 is 0.913 bits per heavy atom. The second-order valence-corrected chi connectivity index (χ2v) is 4.87. The van der Waals surface area contributed by atoms with E-state index in [1.54, 1.807) is 4.90 Å². The molecular formula is C17H23NO5. The monoisotopic (exact) mass is 321 g/mol. The minimum atomic E-state index is -0.581. The molecular weight excluding hydrogens is 298 g/mol. The van der Waals surface area contributed by atoms with Crippen molar-refractivity contribution in [2.45, 2.75) is 33.3 Å². The van der Waals surface area contributed by atoms with Crippen molar-refractivity contribution in [1.29, 1.82) is 0 Å². The van der Waals surface area contributed by atoms with Gasteiger partial charge in [-0.2, -0.15) is 0 Å². The van der Waals surface area contributed by atoms with Crippen LogP contribution in [0.15, 0.2) is 30.3 Å². The molecule has 0 fully saturated rings. The lowest BCUT2D eigenvalue weighted by molar-refractivity contribution is -0.154. The minimum Gasteiger partial charge on any atom is -0.461 e. The van der Waals surface area contributed by atoms with Crippen LogP contribution in [0.5, 0.6) is 0 Å². The van der Waals surface area contributed by atoms with E-state index in [2.05, 4.69) is 0 Å². The Bertz CT molecular complexity index is 511. The van der Waals surface area contributed by atoms with Crippen LogP contribution in [0.3, 0.4) is 0 Å². The fourth-order valence-corrected chi connectivity index (χ4v) is 1.90. The molecule has 0 aliphatic rings. The van der Waals surface area contributed by atoms with E-state index in [-0.39, 0.29) is 32.0 Å². The third kappa shape index (κ3) is 7.44. The highest BCUT2D eigenvalue weighted by atomic mass is 16.5. The molecule has 0 aromatic heterocycles. The van der Waals surface area contributed by atoms with E-state index in [0.29, 0.717) is 13.1 Å². The van der Waals surface area contributed by atoms with Crippen molar-refractivity contribution in [2.75, 3.05) is 19.7 Å². The molecule has 1 aromatic rings. The number of carbonyl (C=O) groups is 3. The normalized spacial score (nSPS) is 10.0. The average molecular weight is 321 g/mol. The van der Waals surface area contributed by atoms with Crippen molar-refractivity contribution < 1.29 is 23.9 Å². The number of nitrogens with zero attached hydrogens (tertiary/aromatic N) is 1. The number of ether oxygens (including phenoxy) is 2. The summed E-state index contributed by atoms with van der Waals surface area (Å²) in [6.45, 7) is 4.73. The summed E-state index contributed by atoms with van der Waals surface area (Å²) in [5.74, 6) is -1.29. The van der Waals surface area contributed by atoms with Gasteiger partial charge in [-0.3, -0.25) is 14.4 Å². The number of carbonyl (C=O) groups excluding carboxylic acids is 3. The summed E-state index contributed by atoms with van der Waals surface area (Å²) in [6, 6.07) is 9.28. The molecule has 23 heavy (non-hydrogen) atoms. The molecule has 126 valence electrons. The van der Waals surface area contributed by atoms with Crippen molar-refractivity contribution in [2.24, 2.45) is 0 Å². The predicted molar refractivity (Wildman–Crippen MR) is 84.4 cm³/mol. The maximum Gasteiger partial charge on any atom is 0.306 e. The summed E-state index contributed by atoms with van der Waals surface area (Å²) in [7, 11) is 0. The van der Waals surface area contributed by atoms with Crippen LogP contribution in [0.4, 0.5) is 0 Å². The third-order valence-electron chi connectivity index (χ3n) is 3.25. The average Bonchev–Trinajstić information content (AvgIpc) is 2.58. The zero-order chi connectivity index (χ0) is 17.1. The molecule has 0 spiro atoms. The van der Waals surface area contributed by atoms with Gasteiger partial charge < -0.3 is 14.4 Å². The Hall–Kier alpha value is -2.37. The van der Waals surface area contributed by atoms with Gasteiger partial charge in [-0.1, -0.05) is 30.3 Å². The Labute approximate surface area is 136 Å². The molecule has 6 heteroatoms. The molecule has 0 heterocycles. The number of rotatable bonds is 9. The third-order valence-corrected chi connectivity index (χ3v) is 3.25. The molecule has 0 atom stereocenters. The molecule has 6 nitrogen and oxygen atoms in total. The summed E-state index contributed by atoms with van der Waals surface area (Å²) < 4.78 is 9.92. The van der Waals surface area contributed by atoms with E-state index < -0.39 is 11.9 Å². The maximum atomic E-state index is 11.7. The lowest BCUT2D eigenvalue weighted by Gasteiger charge is -2.18. The molecule has 0 unspecified atom stereocenters. The molecule has 1 aromatic carbocycles. The fraction of sp³-hybridized carbons (Fsp3) is 0.471. The summed E-state index contributed by atoms with van der Waals surface area (Å²) in [6.07, 6.45) is -0.162. The highest BCUT2D eigenvalue weighted by Gasteiger charge is 2.14. The lowest BCUT2D eigenvalue weighted by atomic mass is 10.2. The van der Waals surface area contributed by atoms with Gasteiger partial charge in [-0.05, 0) is 19.4 Å². The van der Waals surface area contributed by atoms with Gasteiger partial charge >= 0.3 is 11.9 Å². The molecule has 0 aliphatic carbocycles. The molecule has 0 N–H and O–H groups in total. The summed E-state index contributed by atoms with van der Waals surface area (Å²) in [5, 5.41) is 0. The number of hydrogen-bond acceptors (Lipinski definition) is 5. The Balaban J connectivity index is 2.20. The molecule has 0 aliphatic heterocycles. The van der Waals surface area contributed by atoms with E-state index in [4.69, 9.17) is 9.47 Å². The fourth-order valence-electron chi connectivity index (χ4n) is 1.90. The second kappa shape index (κ2) is 10.4. The first-order valence-corrected chi connectivity index (χ1v) is 7.69. The van der Waals surface area contributed by atoms with Gasteiger partial charge in [0.05, 0.1) is 12.8 Å². The first kappa shape index (κ1) is 18.7. The van der Waals surface area contributed by atoms with Crippen molar-refractivity contribution in [1.82, 2.24) is 4.90 Å². The van der Waals surface area contributed by atoms with E-state index in [1.807, 2.05) is 44.2 Å². The quantitative estimate of drug-likeness (QED) is 0.650. The summed E-state index contributed by atoms with van der Waals surface area (Å²) in [4.78, 5) is 36.3. The van der Waals surface area contributed by atoms with Crippen LogP contribution >= 0.6 is 0 Å². The SMILES string of the molecule is CCN(CC)C(=O)COC(=O)CCC(=O)OCc1ccccc1. The highest BCUT2D eigenvalue weighted by molar-refractivity contribution is 5.82. The van der Waals surface area contributed by atoms with Crippen LogP contribution in [0, 0.1) is 0 Å². The van der Waals surface area contributed by atoms with E-state index in [9.17, 15) is 14.4 Å².